The number of alkyl halides is 3. The van der Waals surface area contributed by atoms with E-state index in [0.29, 0.717) is 11.3 Å². The molecule has 9 heteroatoms. The highest BCUT2D eigenvalue weighted by molar-refractivity contribution is 5.71. The Kier molecular flexibility index (Phi) is 5.16. The minimum Gasteiger partial charge on any atom is -0.453 e. The average molecular weight is 425 g/mol. The van der Waals surface area contributed by atoms with Crippen molar-refractivity contribution in [2.75, 3.05) is 0 Å². The Morgan fingerprint density at radius 1 is 0.871 bits per heavy atom. The molecule has 0 aliphatic rings. The third-order valence-electron chi connectivity index (χ3n) is 4.43. The van der Waals surface area contributed by atoms with E-state index < -0.39 is 22.5 Å². The van der Waals surface area contributed by atoms with Gasteiger partial charge in [-0.25, -0.2) is 4.68 Å². The van der Waals surface area contributed by atoms with Crippen molar-refractivity contribution < 1.29 is 22.8 Å². The number of hydrogen-bond acceptors (Lipinski definition) is 4. The van der Waals surface area contributed by atoms with Crippen molar-refractivity contribution in [3.63, 3.8) is 0 Å². The Hall–Kier alpha value is -4.14. The minimum atomic E-state index is -4.79. The number of nitro groups is 1. The number of halogens is 3. The predicted molar refractivity (Wildman–Crippen MR) is 107 cm³/mol. The fraction of sp³-hybridized carbons (Fsp3) is 0.0455. The highest BCUT2D eigenvalue weighted by Gasteiger charge is 2.41. The predicted octanol–water partition coefficient (Wildman–Crippen LogP) is 6.26. The van der Waals surface area contributed by atoms with Gasteiger partial charge in [0.15, 0.2) is 5.75 Å². The molecule has 0 saturated carbocycles. The Bertz CT molecular complexity index is 1210. The van der Waals surface area contributed by atoms with Gasteiger partial charge in [-0.05, 0) is 24.3 Å². The molecule has 4 rings (SSSR count). The fourth-order valence-corrected chi connectivity index (χ4v) is 3.05. The number of non-ortho nitro benzene ring substituents is 1. The second-order valence-electron chi connectivity index (χ2n) is 6.49. The van der Waals surface area contributed by atoms with Gasteiger partial charge < -0.3 is 4.74 Å². The molecule has 0 saturated heterocycles. The first-order valence-corrected chi connectivity index (χ1v) is 9.08. The Morgan fingerprint density at radius 2 is 1.45 bits per heavy atom. The Balaban J connectivity index is 1.93. The summed E-state index contributed by atoms with van der Waals surface area (Å²) >= 11 is 0. The maximum Gasteiger partial charge on any atom is 0.438 e. The lowest BCUT2D eigenvalue weighted by atomic mass is 10.1. The van der Waals surface area contributed by atoms with Gasteiger partial charge in [-0.3, -0.25) is 10.1 Å². The minimum absolute atomic E-state index is 0.0147. The first-order chi connectivity index (χ1) is 14.8. The normalized spacial score (nSPS) is 11.3. The van der Waals surface area contributed by atoms with Crippen LogP contribution < -0.4 is 4.74 Å². The molecule has 1 aromatic heterocycles. The molecule has 0 aliphatic carbocycles. The van der Waals surface area contributed by atoms with Gasteiger partial charge in [-0.15, -0.1) is 0 Å². The van der Waals surface area contributed by atoms with E-state index in [2.05, 4.69) is 5.10 Å². The van der Waals surface area contributed by atoms with E-state index in [4.69, 9.17) is 4.74 Å². The van der Waals surface area contributed by atoms with Crippen LogP contribution >= 0.6 is 0 Å². The van der Waals surface area contributed by atoms with E-state index in [0.717, 1.165) is 12.1 Å². The summed E-state index contributed by atoms with van der Waals surface area (Å²) in [7, 11) is 0. The topological polar surface area (TPSA) is 70.2 Å². The molecule has 3 aromatic carbocycles. The van der Waals surface area contributed by atoms with Gasteiger partial charge >= 0.3 is 6.18 Å². The van der Waals surface area contributed by atoms with E-state index in [1.54, 1.807) is 60.7 Å². The van der Waals surface area contributed by atoms with Crippen LogP contribution in [0, 0.1) is 10.1 Å². The number of hydrogen-bond donors (Lipinski definition) is 0. The van der Waals surface area contributed by atoms with Crippen molar-refractivity contribution >= 4 is 5.69 Å². The zero-order chi connectivity index (χ0) is 22.0. The lowest BCUT2D eigenvalue weighted by Gasteiger charge is -2.12. The highest BCUT2D eigenvalue weighted by atomic mass is 19.4. The SMILES string of the molecule is O=[N+]([O-])c1ccc(Oc2c(C(F)(F)F)nn(-c3ccccc3)c2-c2ccccc2)cc1. The van der Waals surface area contributed by atoms with Gasteiger partial charge in [-0.2, -0.15) is 18.3 Å². The van der Waals surface area contributed by atoms with Crippen molar-refractivity contribution in [2.45, 2.75) is 6.18 Å². The van der Waals surface area contributed by atoms with Crippen molar-refractivity contribution in [3.8, 4) is 28.4 Å². The molecule has 4 aromatic rings. The van der Waals surface area contributed by atoms with Crippen LogP contribution in [0.2, 0.25) is 0 Å². The maximum absolute atomic E-state index is 13.9. The number of rotatable bonds is 5. The molecule has 0 unspecified atom stereocenters. The number of benzene rings is 3. The molecule has 0 spiro atoms. The van der Waals surface area contributed by atoms with Gasteiger partial charge in [0, 0.05) is 17.7 Å². The van der Waals surface area contributed by atoms with Crippen LogP contribution in [0.4, 0.5) is 18.9 Å². The average Bonchev–Trinajstić information content (AvgIpc) is 3.15. The quantitative estimate of drug-likeness (QED) is 0.280. The second kappa shape index (κ2) is 7.94. The van der Waals surface area contributed by atoms with E-state index in [-0.39, 0.29) is 17.1 Å². The number of para-hydroxylation sites is 1. The molecule has 31 heavy (non-hydrogen) atoms. The lowest BCUT2D eigenvalue weighted by Crippen LogP contribution is -2.08. The molecule has 6 nitrogen and oxygen atoms in total. The molecule has 0 radical (unpaired) electrons. The standard InChI is InChI=1S/C22H14F3N3O3/c23-22(24,25)21-20(31-18-13-11-17(12-14-18)28(29)30)19(15-7-3-1-4-8-15)27(26-21)16-9-5-2-6-10-16/h1-14H. The summed E-state index contributed by atoms with van der Waals surface area (Å²) in [6, 6.07) is 21.6. The smallest absolute Gasteiger partial charge is 0.438 e. The van der Waals surface area contributed by atoms with E-state index in [9.17, 15) is 23.3 Å². The van der Waals surface area contributed by atoms with Crippen LogP contribution in [0.3, 0.4) is 0 Å². The van der Waals surface area contributed by atoms with E-state index in [1.165, 1.54) is 16.8 Å². The summed E-state index contributed by atoms with van der Waals surface area (Å²) in [6.07, 6.45) is -4.79. The largest absolute Gasteiger partial charge is 0.453 e. The summed E-state index contributed by atoms with van der Waals surface area (Å²) < 4.78 is 48.5. The van der Waals surface area contributed by atoms with E-state index in [1.807, 2.05) is 0 Å². The molecular weight excluding hydrogens is 411 g/mol. The lowest BCUT2D eigenvalue weighted by molar-refractivity contribution is -0.384. The van der Waals surface area contributed by atoms with Crippen molar-refractivity contribution in [3.05, 3.63) is 101 Å². The molecule has 0 fully saturated rings. The van der Waals surface area contributed by atoms with Crippen molar-refractivity contribution in [1.82, 2.24) is 9.78 Å². The molecule has 0 amide bonds. The summed E-state index contributed by atoms with van der Waals surface area (Å²) in [6.45, 7) is 0. The zero-order valence-electron chi connectivity index (χ0n) is 15.8. The Labute approximate surface area is 174 Å². The first-order valence-electron chi connectivity index (χ1n) is 9.08. The summed E-state index contributed by atoms with van der Waals surface area (Å²) in [4.78, 5) is 10.3. The van der Waals surface area contributed by atoms with Crippen LogP contribution in [0.25, 0.3) is 16.9 Å². The third kappa shape index (κ3) is 4.11. The Morgan fingerprint density at radius 3 is 2.00 bits per heavy atom. The summed E-state index contributed by atoms with van der Waals surface area (Å²) in [5.74, 6) is -0.475. The number of nitro benzene ring substituents is 1. The fourth-order valence-electron chi connectivity index (χ4n) is 3.05. The first kappa shape index (κ1) is 20.1. The number of ether oxygens (including phenoxy) is 1. The summed E-state index contributed by atoms with van der Waals surface area (Å²) in [5.41, 5.74) is -0.408. The molecular formula is C22H14F3N3O3. The molecule has 156 valence electrons. The van der Waals surface area contributed by atoms with Gasteiger partial charge in [0.25, 0.3) is 5.69 Å². The van der Waals surface area contributed by atoms with Gasteiger partial charge in [-0.1, -0.05) is 48.5 Å². The maximum atomic E-state index is 13.9. The van der Waals surface area contributed by atoms with Gasteiger partial charge in [0.2, 0.25) is 5.69 Å². The third-order valence-corrected chi connectivity index (χ3v) is 4.43. The van der Waals surface area contributed by atoms with Crippen LogP contribution in [0.1, 0.15) is 5.69 Å². The van der Waals surface area contributed by atoms with Crippen LogP contribution in [0.5, 0.6) is 11.5 Å². The zero-order valence-corrected chi connectivity index (χ0v) is 15.8. The molecule has 0 aliphatic heterocycles. The van der Waals surface area contributed by atoms with Crippen LogP contribution in [-0.2, 0) is 6.18 Å². The molecule has 1 heterocycles. The van der Waals surface area contributed by atoms with Gasteiger partial charge in [0.05, 0.1) is 10.6 Å². The summed E-state index contributed by atoms with van der Waals surface area (Å²) in [5, 5.41) is 14.7. The number of nitrogens with zero attached hydrogens (tertiary/aromatic N) is 3. The van der Waals surface area contributed by atoms with Crippen LogP contribution in [-0.4, -0.2) is 14.7 Å². The molecule has 0 atom stereocenters. The van der Waals surface area contributed by atoms with E-state index >= 15 is 0 Å². The van der Waals surface area contributed by atoms with Crippen molar-refractivity contribution in [1.29, 1.82) is 0 Å². The monoisotopic (exact) mass is 425 g/mol. The molecule has 0 bridgehead atoms. The number of aromatic nitrogens is 2. The molecule has 0 N–H and O–H groups in total. The highest BCUT2D eigenvalue weighted by Crippen LogP contribution is 2.44. The second-order valence-corrected chi connectivity index (χ2v) is 6.49. The van der Waals surface area contributed by atoms with Crippen LogP contribution in [0.15, 0.2) is 84.9 Å². The van der Waals surface area contributed by atoms with Crippen molar-refractivity contribution in [2.24, 2.45) is 0 Å². The van der Waals surface area contributed by atoms with Gasteiger partial charge in [0.1, 0.15) is 11.4 Å².